The summed E-state index contributed by atoms with van der Waals surface area (Å²) in [4.78, 5) is 0.0546. The molecule has 2 rings (SSSR count). The summed E-state index contributed by atoms with van der Waals surface area (Å²) in [6.45, 7) is -0.0564. The topological polar surface area (TPSA) is 43.4 Å². The third-order valence-electron chi connectivity index (χ3n) is 1.98. The quantitative estimate of drug-likeness (QED) is 0.733. The van der Waals surface area contributed by atoms with Gasteiger partial charge >= 0.3 is 0 Å². The minimum atomic E-state index is -3.70. The van der Waals surface area contributed by atoms with Crippen LogP contribution in [0.1, 0.15) is 5.56 Å². The van der Waals surface area contributed by atoms with Gasteiger partial charge in [-0.1, -0.05) is 11.6 Å². The van der Waals surface area contributed by atoms with Crippen LogP contribution in [0, 0.1) is 0 Å². The second-order valence-electron chi connectivity index (χ2n) is 3.02. The molecule has 0 fully saturated rings. The smallest absolute Gasteiger partial charge is 0.260 e. The fourth-order valence-corrected chi connectivity index (χ4v) is 2.15. The summed E-state index contributed by atoms with van der Waals surface area (Å²) >= 11 is 5.76. The molecular formula is C9H6Cl2O3S. The Morgan fingerprint density at radius 2 is 2.07 bits per heavy atom. The minimum Gasteiger partial charge on any atom is -0.487 e. The van der Waals surface area contributed by atoms with Crippen LogP contribution in [0.5, 0.6) is 5.75 Å². The van der Waals surface area contributed by atoms with Crippen molar-refractivity contribution in [3.63, 3.8) is 0 Å². The molecule has 0 bridgehead atoms. The molecule has 0 aliphatic carbocycles. The van der Waals surface area contributed by atoms with Gasteiger partial charge in [0.2, 0.25) is 0 Å². The minimum absolute atomic E-state index is 0.0546. The highest BCUT2D eigenvalue weighted by Gasteiger charge is 2.20. The fraction of sp³-hybridized carbons (Fsp3) is 0.111. The van der Waals surface area contributed by atoms with E-state index in [0.717, 1.165) is 0 Å². The Hall–Kier alpha value is -0.710. The van der Waals surface area contributed by atoms with E-state index in [9.17, 15) is 8.42 Å². The number of halogens is 2. The highest BCUT2D eigenvalue weighted by molar-refractivity contribution is 8.17. The van der Waals surface area contributed by atoms with Crippen LogP contribution in [0.2, 0.25) is 5.02 Å². The molecule has 0 atom stereocenters. The summed E-state index contributed by atoms with van der Waals surface area (Å²) in [6.07, 6.45) is 1.48. The second-order valence-corrected chi connectivity index (χ2v) is 6.07. The van der Waals surface area contributed by atoms with E-state index in [4.69, 9.17) is 27.0 Å². The van der Waals surface area contributed by atoms with Crippen LogP contribution < -0.4 is 4.74 Å². The molecule has 0 spiro atoms. The first-order valence-electron chi connectivity index (χ1n) is 4.04. The second kappa shape index (κ2) is 3.70. The van der Waals surface area contributed by atoms with Gasteiger partial charge in [-0.15, -0.1) is 0 Å². The van der Waals surface area contributed by atoms with Gasteiger partial charge in [-0.05, 0) is 24.3 Å². The van der Waals surface area contributed by atoms with Gasteiger partial charge in [0, 0.05) is 21.3 Å². The first kappa shape index (κ1) is 10.8. The van der Waals surface area contributed by atoms with E-state index in [-0.39, 0.29) is 11.5 Å². The van der Waals surface area contributed by atoms with E-state index in [2.05, 4.69) is 0 Å². The molecule has 1 aliphatic heterocycles. The molecule has 0 unspecified atom stereocenters. The lowest BCUT2D eigenvalue weighted by molar-refractivity contribution is 0.354. The average Bonchev–Trinajstić information content (AvgIpc) is 2.15. The Morgan fingerprint density at radius 3 is 2.73 bits per heavy atom. The summed E-state index contributed by atoms with van der Waals surface area (Å²) in [5, 5.41) is 0.541. The molecule has 1 aliphatic rings. The van der Waals surface area contributed by atoms with Gasteiger partial charge in [0.25, 0.3) is 9.05 Å². The Balaban J connectivity index is 2.51. The van der Waals surface area contributed by atoms with E-state index in [1.807, 2.05) is 0 Å². The Bertz CT molecular complexity index is 534. The highest BCUT2D eigenvalue weighted by Crippen LogP contribution is 2.31. The van der Waals surface area contributed by atoms with E-state index in [1.54, 1.807) is 18.2 Å². The average molecular weight is 265 g/mol. The molecule has 0 radical (unpaired) electrons. The van der Waals surface area contributed by atoms with Gasteiger partial charge in [-0.2, -0.15) is 0 Å². The molecule has 80 valence electrons. The maximum absolute atomic E-state index is 11.1. The standard InChI is InChI=1S/C9H6Cl2O3S/c10-7-2-1-6-3-8(15(11,12)13)5-14-9(6)4-7/h1-4H,5H2. The zero-order valence-electron chi connectivity index (χ0n) is 7.41. The summed E-state index contributed by atoms with van der Waals surface area (Å²) in [7, 11) is 1.50. The SMILES string of the molecule is O=S(=O)(Cl)C1=Cc2ccc(Cl)cc2OC1. The molecule has 6 heteroatoms. The molecule has 15 heavy (non-hydrogen) atoms. The molecule has 0 saturated carbocycles. The number of benzene rings is 1. The first-order valence-corrected chi connectivity index (χ1v) is 6.73. The monoisotopic (exact) mass is 264 g/mol. The Labute approximate surface area is 96.7 Å². The molecule has 1 aromatic rings. The molecule has 1 heterocycles. The molecule has 0 saturated heterocycles. The van der Waals surface area contributed by atoms with Crippen molar-refractivity contribution in [1.29, 1.82) is 0 Å². The number of fused-ring (bicyclic) bond motifs is 1. The lowest BCUT2D eigenvalue weighted by atomic mass is 10.1. The zero-order chi connectivity index (χ0) is 11.1. The number of rotatable bonds is 1. The zero-order valence-corrected chi connectivity index (χ0v) is 9.73. The van der Waals surface area contributed by atoms with Crippen LogP contribution >= 0.6 is 22.3 Å². The van der Waals surface area contributed by atoms with Crippen molar-refractivity contribution in [3.8, 4) is 5.75 Å². The van der Waals surface area contributed by atoms with Crippen molar-refractivity contribution < 1.29 is 13.2 Å². The van der Waals surface area contributed by atoms with Gasteiger partial charge in [-0.3, -0.25) is 0 Å². The molecule has 3 nitrogen and oxygen atoms in total. The summed E-state index contributed by atoms with van der Waals surface area (Å²) in [5.41, 5.74) is 0.657. The lowest BCUT2D eigenvalue weighted by Gasteiger charge is -2.16. The van der Waals surface area contributed by atoms with E-state index in [1.165, 1.54) is 6.08 Å². The van der Waals surface area contributed by atoms with Crippen molar-refractivity contribution >= 4 is 37.4 Å². The van der Waals surface area contributed by atoms with Crippen molar-refractivity contribution in [1.82, 2.24) is 0 Å². The van der Waals surface area contributed by atoms with Crippen molar-refractivity contribution in [2.24, 2.45) is 0 Å². The molecule has 0 amide bonds. The normalized spacial score (nSPS) is 15.2. The van der Waals surface area contributed by atoms with E-state index in [0.29, 0.717) is 16.3 Å². The van der Waals surface area contributed by atoms with Crippen LogP contribution in [0.3, 0.4) is 0 Å². The van der Waals surface area contributed by atoms with Gasteiger partial charge < -0.3 is 4.74 Å². The number of hydrogen-bond donors (Lipinski definition) is 0. The van der Waals surface area contributed by atoms with Crippen LogP contribution in [0.25, 0.3) is 6.08 Å². The Morgan fingerprint density at radius 1 is 1.33 bits per heavy atom. The number of hydrogen-bond acceptors (Lipinski definition) is 3. The predicted octanol–water partition coefficient (Wildman–Crippen LogP) is 2.64. The molecule has 0 N–H and O–H groups in total. The summed E-state index contributed by atoms with van der Waals surface area (Å²) in [6, 6.07) is 4.97. The molecule has 0 aromatic heterocycles. The molecular weight excluding hydrogens is 259 g/mol. The van der Waals surface area contributed by atoms with Crippen LogP contribution in [0.15, 0.2) is 23.1 Å². The summed E-state index contributed by atoms with van der Waals surface area (Å²) in [5.74, 6) is 0.562. The predicted molar refractivity (Wildman–Crippen MR) is 59.7 cm³/mol. The largest absolute Gasteiger partial charge is 0.487 e. The number of ether oxygens (including phenoxy) is 1. The third kappa shape index (κ3) is 2.27. The maximum Gasteiger partial charge on any atom is 0.260 e. The van der Waals surface area contributed by atoms with Gasteiger partial charge in [-0.25, -0.2) is 8.42 Å². The van der Waals surface area contributed by atoms with Crippen LogP contribution in [0.4, 0.5) is 0 Å². The van der Waals surface area contributed by atoms with E-state index >= 15 is 0 Å². The van der Waals surface area contributed by atoms with Gasteiger partial charge in [0.05, 0.1) is 4.91 Å². The van der Waals surface area contributed by atoms with Crippen LogP contribution in [-0.4, -0.2) is 15.0 Å². The fourth-order valence-electron chi connectivity index (χ4n) is 1.26. The molecule has 1 aromatic carbocycles. The highest BCUT2D eigenvalue weighted by atomic mass is 35.7. The van der Waals surface area contributed by atoms with Crippen molar-refractivity contribution in [2.75, 3.05) is 6.61 Å². The van der Waals surface area contributed by atoms with Gasteiger partial charge in [0.1, 0.15) is 12.4 Å². The first-order chi connectivity index (χ1) is 6.97. The summed E-state index contributed by atoms with van der Waals surface area (Å²) < 4.78 is 27.3. The lowest BCUT2D eigenvalue weighted by Crippen LogP contribution is -2.11. The van der Waals surface area contributed by atoms with Crippen LogP contribution in [-0.2, 0) is 9.05 Å². The van der Waals surface area contributed by atoms with Crippen molar-refractivity contribution in [3.05, 3.63) is 33.7 Å². The van der Waals surface area contributed by atoms with Crippen molar-refractivity contribution in [2.45, 2.75) is 0 Å². The van der Waals surface area contributed by atoms with E-state index < -0.39 is 9.05 Å². The Kier molecular flexibility index (Phi) is 2.66. The third-order valence-corrected chi connectivity index (χ3v) is 3.67. The maximum atomic E-state index is 11.1. The van der Waals surface area contributed by atoms with Gasteiger partial charge in [0.15, 0.2) is 0 Å².